The van der Waals surface area contributed by atoms with Gasteiger partial charge in [0, 0.05) is 6.20 Å². The van der Waals surface area contributed by atoms with Gasteiger partial charge in [-0.25, -0.2) is 18.5 Å². The molecule has 178 valence electrons. The highest BCUT2D eigenvalue weighted by Crippen LogP contribution is 2.75. The van der Waals surface area contributed by atoms with Crippen LogP contribution < -0.4 is 11.4 Å². The van der Waals surface area contributed by atoms with E-state index in [1.165, 1.54) is 5.92 Å². The van der Waals surface area contributed by atoms with Crippen LogP contribution in [0.1, 0.15) is 6.23 Å². The number of fused-ring (bicyclic) bond motifs is 1. The Morgan fingerprint density at radius 2 is 1.81 bits per heavy atom. The molecule has 1 aliphatic heterocycles. The fourth-order valence-corrected chi connectivity index (χ4v) is 6.36. The number of nitrogen functional groups attached to an aromatic ring is 1. The highest BCUT2D eigenvalue weighted by Gasteiger charge is 2.96. The summed E-state index contributed by atoms with van der Waals surface area (Å²) in [5, 5.41) is 10.5. The fraction of sp³-hybridized carbons (Fsp3) is 0.455. The van der Waals surface area contributed by atoms with Gasteiger partial charge in [0.15, 0.2) is 0 Å². The van der Waals surface area contributed by atoms with Crippen LogP contribution in [-0.4, -0.2) is 57.5 Å². The van der Waals surface area contributed by atoms with E-state index < -0.39 is 58.6 Å². The third kappa shape index (κ3) is 3.86. The first-order chi connectivity index (χ1) is 14.3. The molecule has 32 heavy (non-hydrogen) atoms. The van der Waals surface area contributed by atoms with Crippen molar-refractivity contribution in [1.82, 2.24) is 9.55 Å². The summed E-state index contributed by atoms with van der Waals surface area (Å²) in [5.74, 6) is -3.35. The van der Waals surface area contributed by atoms with E-state index >= 15 is 0 Å². The Bertz CT molecular complexity index is 1210. The van der Waals surface area contributed by atoms with Crippen molar-refractivity contribution in [3.05, 3.63) is 22.7 Å². The van der Waals surface area contributed by atoms with E-state index in [2.05, 4.69) is 18.1 Å². The number of rotatable bonds is 7. The number of phosphoric ester groups is 1. The molecule has 0 radical (unpaired) electrons. The molecule has 21 heteroatoms. The van der Waals surface area contributed by atoms with Crippen LogP contribution in [0.15, 0.2) is 17.1 Å². The number of aliphatic hydroxyl groups is 1. The standard InChI is InChI=1S/C11H12F2N3O13P3/c1-2-9(27-31(22,23)29-32(24,25)28-30(19,20)21)6-10(9,18)11(12,13)7(26-6)16-4-3-5(14)15-8(16)17/h1,3-4,6-7,18H,(H,22,23)(H,24,25)(H2,14,15,17)(H2,19,20,21). The van der Waals surface area contributed by atoms with Crippen LogP contribution in [0.4, 0.5) is 14.6 Å². The molecular formula is C11H12F2N3O13P3. The monoisotopic (exact) mass is 525 g/mol. The number of halogens is 2. The summed E-state index contributed by atoms with van der Waals surface area (Å²) >= 11 is 0. The fourth-order valence-electron chi connectivity index (χ4n) is 3.07. The van der Waals surface area contributed by atoms with Crippen molar-refractivity contribution in [2.24, 2.45) is 0 Å². The van der Waals surface area contributed by atoms with E-state index in [0.717, 1.165) is 12.3 Å². The van der Waals surface area contributed by atoms with Gasteiger partial charge in [0.05, 0.1) is 0 Å². The lowest BCUT2D eigenvalue weighted by molar-refractivity contribution is -0.206. The molecule has 1 saturated heterocycles. The molecule has 1 aliphatic carbocycles. The minimum absolute atomic E-state index is 0.243. The molecule has 0 spiro atoms. The average Bonchev–Trinajstić information content (AvgIpc) is 2.98. The van der Waals surface area contributed by atoms with Gasteiger partial charge in [-0.15, -0.1) is 6.42 Å². The SMILES string of the molecule is C#CC1(OP(=O)(O)OP(=O)(O)OP(=O)(O)O)C2OC(n3ccc(N)nc3=O)C(F)(F)C21O. The van der Waals surface area contributed by atoms with E-state index in [9.17, 15) is 37.3 Å². The number of nitrogens with zero attached hydrogens (tertiary/aromatic N) is 2. The van der Waals surface area contributed by atoms with Crippen LogP contribution in [0.25, 0.3) is 0 Å². The molecule has 1 aromatic rings. The van der Waals surface area contributed by atoms with Crippen molar-refractivity contribution in [3.8, 4) is 12.3 Å². The molecule has 16 nitrogen and oxygen atoms in total. The smallest absolute Gasteiger partial charge is 0.383 e. The number of hydrogen-bond acceptors (Lipinski definition) is 11. The first kappa shape index (κ1) is 25.1. The van der Waals surface area contributed by atoms with Crippen molar-refractivity contribution in [3.63, 3.8) is 0 Å². The number of terminal acetylenes is 1. The number of phosphoric acid groups is 3. The predicted molar refractivity (Wildman–Crippen MR) is 93.2 cm³/mol. The van der Waals surface area contributed by atoms with Gasteiger partial charge in [-0.2, -0.15) is 22.4 Å². The van der Waals surface area contributed by atoms with Gasteiger partial charge in [0.1, 0.15) is 11.9 Å². The van der Waals surface area contributed by atoms with Gasteiger partial charge < -0.3 is 35.2 Å². The minimum atomic E-state index is -6.03. The summed E-state index contributed by atoms with van der Waals surface area (Å²) in [7, 11) is -17.8. The third-order valence-corrected chi connectivity index (χ3v) is 8.15. The quantitative estimate of drug-likeness (QED) is 0.181. The van der Waals surface area contributed by atoms with Crippen molar-refractivity contribution >= 4 is 29.3 Å². The van der Waals surface area contributed by atoms with Crippen molar-refractivity contribution in [2.45, 2.75) is 29.5 Å². The maximum atomic E-state index is 15.0. The zero-order valence-electron chi connectivity index (χ0n) is 15.0. The molecule has 6 atom stereocenters. The summed E-state index contributed by atoms with van der Waals surface area (Å²) in [6, 6.07) is 0.954. The van der Waals surface area contributed by atoms with Crippen molar-refractivity contribution in [2.75, 3.05) is 5.73 Å². The van der Waals surface area contributed by atoms with Crippen molar-refractivity contribution in [1.29, 1.82) is 0 Å². The molecule has 7 N–H and O–H groups in total. The van der Waals surface area contributed by atoms with Crippen LogP contribution >= 0.6 is 23.5 Å². The first-order valence-electron chi connectivity index (χ1n) is 7.74. The summed E-state index contributed by atoms with van der Waals surface area (Å²) < 4.78 is 80.4. The van der Waals surface area contributed by atoms with Crippen molar-refractivity contribution < 1.29 is 65.0 Å². The van der Waals surface area contributed by atoms with E-state index in [4.69, 9.17) is 31.6 Å². The number of aromatic nitrogens is 2. The third-order valence-electron chi connectivity index (χ3n) is 4.31. The average molecular weight is 525 g/mol. The van der Waals surface area contributed by atoms with Gasteiger partial charge in [-0.05, 0) is 6.07 Å². The van der Waals surface area contributed by atoms with E-state index in [1.807, 2.05) is 0 Å². The number of ether oxygens (including phenoxy) is 1. The molecular weight excluding hydrogens is 513 g/mol. The van der Waals surface area contributed by atoms with Gasteiger partial charge in [0.25, 0.3) is 0 Å². The summed E-state index contributed by atoms with van der Waals surface area (Å²) in [6.45, 7) is 0. The normalized spacial score (nSPS) is 34.7. The lowest BCUT2D eigenvalue weighted by atomic mass is 10.1. The lowest BCUT2D eigenvalue weighted by Crippen LogP contribution is -2.50. The minimum Gasteiger partial charge on any atom is -0.383 e. The number of alkyl halides is 2. The maximum absolute atomic E-state index is 15.0. The summed E-state index contributed by atoms with van der Waals surface area (Å²) in [5.41, 5.74) is -2.78. The van der Waals surface area contributed by atoms with Gasteiger partial charge in [-0.3, -0.25) is 9.09 Å². The Hall–Kier alpha value is -1.57. The molecule has 6 unspecified atom stereocenters. The second-order valence-electron chi connectivity index (χ2n) is 6.36. The Morgan fingerprint density at radius 3 is 2.25 bits per heavy atom. The van der Waals surface area contributed by atoms with E-state index in [0.29, 0.717) is 0 Å². The van der Waals surface area contributed by atoms with Crippen LogP contribution in [0.5, 0.6) is 0 Å². The topological polar surface area (TPSA) is 250 Å². The first-order valence-corrected chi connectivity index (χ1v) is 12.3. The van der Waals surface area contributed by atoms with Crippen LogP contribution in [0.3, 0.4) is 0 Å². The number of nitrogens with two attached hydrogens (primary N) is 1. The van der Waals surface area contributed by atoms with Crippen LogP contribution in [0.2, 0.25) is 0 Å². The Kier molecular flexibility index (Phi) is 5.65. The van der Waals surface area contributed by atoms with Crippen LogP contribution in [0, 0.1) is 12.3 Å². The molecule has 1 aromatic heterocycles. The maximum Gasteiger partial charge on any atom is 0.490 e. The summed E-state index contributed by atoms with van der Waals surface area (Å²) in [6.07, 6.45) is 1.01. The molecule has 2 aliphatic rings. The highest BCUT2D eigenvalue weighted by atomic mass is 31.3. The zero-order chi connectivity index (χ0) is 24.5. The molecule has 1 saturated carbocycles. The Labute approximate surface area is 175 Å². The molecule has 0 bridgehead atoms. The van der Waals surface area contributed by atoms with Gasteiger partial charge in [-0.1, -0.05) is 5.92 Å². The van der Waals surface area contributed by atoms with Gasteiger partial charge in [0.2, 0.25) is 17.4 Å². The largest absolute Gasteiger partial charge is 0.490 e. The van der Waals surface area contributed by atoms with Crippen LogP contribution in [-0.2, 0) is 31.6 Å². The summed E-state index contributed by atoms with van der Waals surface area (Å²) in [4.78, 5) is 50.8. The van der Waals surface area contributed by atoms with Gasteiger partial charge >= 0.3 is 35.1 Å². The Balaban J connectivity index is 1.89. The molecule has 0 amide bonds. The second-order valence-corrected chi connectivity index (χ2v) is 10.7. The number of hydrogen-bond donors (Lipinski definition) is 6. The lowest BCUT2D eigenvalue weighted by Gasteiger charge is -2.30. The predicted octanol–water partition coefficient (Wildman–Crippen LogP) is -1.18. The molecule has 3 rings (SSSR count). The molecule has 2 heterocycles. The molecule has 0 aromatic carbocycles. The van der Waals surface area contributed by atoms with E-state index in [1.54, 1.807) is 0 Å². The highest BCUT2D eigenvalue weighted by molar-refractivity contribution is 7.66. The molecule has 2 fully saturated rings. The number of anilines is 1. The van der Waals surface area contributed by atoms with E-state index in [-0.39, 0.29) is 10.4 Å². The zero-order valence-corrected chi connectivity index (χ0v) is 17.6. The Morgan fingerprint density at radius 1 is 1.22 bits per heavy atom. The second kappa shape index (κ2) is 7.21.